The van der Waals surface area contributed by atoms with Gasteiger partial charge in [-0.1, -0.05) is 24.3 Å². The lowest BCUT2D eigenvalue weighted by Gasteiger charge is -2.33. The zero-order chi connectivity index (χ0) is 16.4. The van der Waals surface area contributed by atoms with Crippen LogP contribution in [0.1, 0.15) is 34.6 Å². The van der Waals surface area contributed by atoms with Gasteiger partial charge in [0.2, 0.25) is 0 Å². The molecule has 3 rings (SSSR count). The second-order valence-corrected chi connectivity index (χ2v) is 5.94. The Morgan fingerprint density at radius 1 is 1.09 bits per heavy atom. The van der Waals surface area contributed by atoms with Gasteiger partial charge in [-0.3, -0.25) is 0 Å². The smallest absolute Gasteiger partial charge is 0.161 e. The van der Waals surface area contributed by atoms with Crippen LogP contribution in [0.2, 0.25) is 0 Å². The first-order valence-corrected chi connectivity index (χ1v) is 7.88. The van der Waals surface area contributed by atoms with E-state index in [1.165, 1.54) is 11.1 Å². The summed E-state index contributed by atoms with van der Waals surface area (Å²) < 4.78 is 10.9. The van der Waals surface area contributed by atoms with Crippen LogP contribution in [0, 0.1) is 0 Å². The fourth-order valence-electron chi connectivity index (χ4n) is 3.54. The number of methoxy groups -OCH3 is 2. The van der Waals surface area contributed by atoms with Gasteiger partial charge in [0.25, 0.3) is 0 Å². The molecule has 0 spiro atoms. The molecule has 1 aliphatic rings. The van der Waals surface area contributed by atoms with Gasteiger partial charge < -0.3 is 20.3 Å². The summed E-state index contributed by atoms with van der Waals surface area (Å²) in [5.74, 6) is 1.52. The fraction of sp³-hybridized carbons (Fsp3) is 0.368. The molecule has 2 atom stereocenters. The minimum atomic E-state index is 0.0159. The molecular formula is C19H23NO3. The van der Waals surface area contributed by atoms with Crippen molar-refractivity contribution in [2.45, 2.75) is 31.4 Å². The number of aryl methyl sites for hydroxylation is 1. The minimum Gasteiger partial charge on any atom is -0.493 e. The van der Waals surface area contributed by atoms with Crippen molar-refractivity contribution in [2.24, 2.45) is 5.73 Å². The zero-order valence-electron chi connectivity index (χ0n) is 13.6. The second kappa shape index (κ2) is 6.60. The third kappa shape index (κ3) is 2.80. The number of benzene rings is 2. The molecule has 0 aliphatic heterocycles. The summed E-state index contributed by atoms with van der Waals surface area (Å²) >= 11 is 0. The van der Waals surface area contributed by atoms with Gasteiger partial charge >= 0.3 is 0 Å². The molecule has 0 saturated heterocycles. The zero-order valence-corrected chi connectivity index (χ0v) is 13.6. The molecule has 23 heavy (non-hydrogen) atoms. The Hall–Kier alpha value is -2.04. The van der Waals surface area contributed by atoms with E-state index in [-0.39, 0.29) is 18.6 Å². The van der Waals surface area contributed by atoms with Crippen LogP contribution in [0.5, 0.6) is 11.5 Å². The lowest BCUT2D eigenvalue weighted by Crippen LogP contribution is -2.34. The van der Waals surface area contributed by atoms with Crippen molar-refractivity contribution in [3.05, 3.63) is 58.7 Å². The van der Waals surface area contributed by atoms with Crippen LogP contribution >= 0.6 is 0 Å². The standard InChI is InChI=1S/C19H23NO3/c1-22-17-9-12-7-8-16(20)19(15(12)10-18(17)23-2)14-6-4-3-5-13(14)11-21/h3-6,9-10,16,19,21H,7-8,11,20H2,1-2H3/t16-,19-/m1/s1. The Kier molecular flexibility index (Phi) is 4.55. The fourth-order valence-corrected chi connectivity index (χ4v) is 3.54. The molecule has 2 aromatic carbocycles. The first-order valence-electron chi connectivity index (χ1n) is 7.88. The Morgan fingerprint density at radius 2 is 1.78 bits per heavy atom. The third-order valence-electron chi connectivity index (χ3n) is 4.72. The van der Waals surface area contributed by atoms with Crippen molar-refractivity contribution in [2.75, 3.05) is 14.2 Å². The van der Waals surface area contributed by atoms with Crippen LogP contribution in [0.15, 0.2) is 36.4 Å². The van der Waals surface area contributed by atoms with Crippen LogP contribution < -0.4 is 15.2 Å². The molecule has 3 N–H and O–H groups in total. The summed E-state index contributed by atoms with van der Waals surface area (Å²) in [5.41, 5.74) is 10.9. The van der Waals surface area contributed by atoms with Crippen molar-refractivity contribution in [1.82, 2.24) is 0 Å². The molecule has 0 saturated carbocycles. The summed E-state index contributed by atoms with van der Waals surface area (Å²) in [4.78, 5) is 0. The third-order valence-corrected chi connectivity index (χ3v) is 4.72. The highest BCUT2D eigenvalue weighted by atomic mass is 16.5. The van der Waals surface area contributed by atoms with Crippen LogP contribution in [0.3, 0.4) is 0 Å². The number of fused-ring (bicyclic) bond motifs is 1. The SMILES string of the molecule is COc1cc2c(cc1OC)[C@@H](c1ccccc1CO)[C@H](N)CC2. The molecule has 4 heteroatoms. The molecule has 0 radical (unpaired) electrons. The van der Waals surface area contributed by atoms with E-state index in [2.05, 4.69) is 12.1 Å². The van der Waals surface area contributed by atoms with Gasteiger partial charge in [0, 0.05) is 12.0 Å². The Balaban J connectivity index is 2.16. The van der Waals surface area contributed by atoms with Gasteiger partial charge in [-0.05, 0) is 47.2 Å². The summed E-state index contributed by atoms with van der Waals surface area (Å²) in [5, 5.41) is 9.68. The number of nitrogens with two attached hydrogens (primary N) is 1. The molecule has 0 bridgehead atoms. The van der Waals surface area contributed by atoms with Gasteiger partial charge in [-0.15, -0.1) is 0 Å². The van der Waals surface area contributed by atoms with Crippen molar-refractivity contribution >= 4 is 0 Å². The molecule has 0 unspecified atom stereocenters. The van der Waals surface area contributed by atoms with Crippen LogP contribution in [0.25, 0.3) is 0 Å². The predicted molar refractivity (Wildman–Crippen MR) is 90.1 cm³/mol. The van der Waals surface area contributed by atoms with E-state index in [0.29, 0.717) is 5.75 Å². The van der Waals surface area contributed by atoms with Crippen molar-refractivity contribution in [1.29, 1.82) is 0 Å². The van der Waals surface area contributed by atoms with Gasteiger partial charge in [0.1, 0.15) is 0 Å². The predicted octanol–water partition coefficient (Wildman–Crippen LogP) is 2.60. The van der Waals surface area contributed by atoms with Crippen LogP contribution in [-0.2, 0) is 13.0 Å². The second-order valence-electron chi connectivity index (χ2n) is 5.94. The van der Waals surface area contributed by atoms with Crippen molar-refractivity contribution < 1.29 is 14.6 Å². The molecule has 4 nitrogen and oxygen atoms in total. The average molecular weight is 313 g/mol. The molecule has 0 fully saturated rings. The molecule has 0 amide bonds. The summed E-state index contributed by atoms with van der Waals surface area (Å²) in [6, 6.07) is 12.1. The van der Waals surface area contributed by atoms with Gasteiger partial charge in [-0.25, -0.2) is 0 Å². The van der Waals surface area contributed by atoms with E-state index in [9.17, 15) is 5.11 Å². The first-order chi connectivity index (χ1) is 11.2. The average Bonchev–Trinajstić information content (AvgIpc) is 2.60. The molecule has 2 aromatic rings. The molecule has 1 aliphatic carbocycles. The van der Waals surface area contributed by atoms with Crippen LogP contribution in [-0.4, -0.2) is 25.4 Å². The Morgan fingerprint density at radius 3 is 2.48 bits per heavy atom. The maximum Gasteiger partial charge on any atom is 0.161 e. The molecule has 0 aromatic heterocycles. The van der Waals surface area contributed by atoms with Crippen molar-refractivity contribution in [3.63, 3.8) is 0 Å². The Bertz CT molecular complexity index is 699. The van der Waals surface area contributed by atoms with E-state index in [1.807, 2.05) is 24.3 Å². The maximum atomic E-state index is 9.68. The lowest BCUT2D eigenvalue weighted by molar-refractivity contribution is 0.279. The van der Waals surface area contributed by atoms with Crippen molar-refractivity contribution in [3.8, 4) is 11.5 Å². The van der Waals surface area contributed by atoms with Crippen LogP contribution in [0.4, 0.5) is 0 Å². The number of hydrogen-bond acceptors (Lipinski definition) is 4. The van der Waals surface area contributed by atoms with E-state index >= 15 is 0 Å². The summed E-state index contributed by atoms with van der Waals surface area (Å²) in [6.07, 6.45) is 1.83. The Labute approximate surface area is 136 Å². The van der Waals surface area contributed by atoms with Gasteiger partial charge in [0.15, 0.2) is 11.5 Å². The largest absolute Gasteiger partial charge is 0.493 e. The van der Waals surface area contributed by atoms with E-state index in [1.54, 1.807) is 14.2 Å². The highest BCUT2D eigenvalue weighted by Gasteiger charge is 2.31. The number of aliphatic hydroxyl groups is 1. The normalized spacial score (nSPS) is 20.0. The topological polar surface area (TPSA) is 64.7 Å². The summed E-state index contributed by atoms with van der Waals surface area (Å²) in [7, 11) is 3.29. The monoisotopic (exact) mass is 313 g/mol. The van der Waals surface area contributed by atoms with E-state index < -0.39 is 0 Å². The molecule has 0 heterocycles. The first kappa shape index (κ1) is 15.8. The van der Waals surface area contributed by atoms with E-state index in [0.717, 1.165) is 29.7 Å². The summed E-state index contributed by atoms with van der Waals surface area (Å²) in [6.45, 7) is 0.0159. The van der Waals surface area contributed by atoms with E-state index in [4.69, 9.17) is 15.2 Å². The highest BCUT2D eigenvalue weighted by Crippen LogP contribution is 2.42. The minimum absolute atomic E-state index is 0.0159. The molecular weight excluding hydrogens is 290 g/mol. The number of hydrogen-bond donors (Lipinski definition) is 2. The lowest BCUT2D eigenvalue weighted by atomic mass is 9.74. The number of aliphatic hydroxyl groups excluding tert-OH is 1. The van der Waals surface area contributed by atoms with Gasteiger partial charge in [0.05, 0.1) is 20.8 Å². The number of rotatable bonds is 4. The van der Waals surface area contributed by atoms with Gasteiger partial charge in [-0.2, -0.15) is 0 Å². The maximum absolute atomic E-state index is 9.68. The highest BCUT2D eigenvalue weighted by molar-refractivity contribution is 5.53. The number of ether oxygens (including phenoxy) is 2. The molecule has 122 valence electrons. The quantitative estimate of drug-likeness (QED) is 0.910.